The molecule has 4 aromatic carbocycles. The highest BCUT2D eigenvalue weighted by Gasteiger charge is 2.18. The van der Waals surface area contributed by atoms with Crippen molar-refractivity contribution in [2.24, 2.45) is 0 Å². The van der Waals surface area contributed by atoms with Crippen LogP contribution in [-0.4, -0.2) is 25.9 Å². The molecule has 0 aliphatic rings. The number of hydrogen-bond acceptors (Lipinski definition) is 6. The SMILES string of the molecule is C=C(Cn1c(=O)c2cc(CCF)sc2n(Cc2ccc(-c3ccccc3-c3noc(=O)[nH]3)cc2)c1=O)c1ccc2ccccc2c1. The smallest absolute Gasteiger partial charge is 0.296 e. The molecule has 46 heavy (non-hydrogen) atoms. The summed E-state index contributed by atoms with van der Waals surface area (Å²) in [4.78, 5) is 43.1. The van der Waals surface area contributed by atoms with Gasteiger partial charge in [0.25, 0.3) is 5.56 Å². The Hall–Kier alpha value is -5.61. The molecule has 0 atom stereocenters. The van der Waals surface area contributed by atoms with Gasteiger partial charge in [-0.25, -0.2) is 9.59 Å². The van der Waals surface area contributed by atoms with Crippen LogP contribution < -0.4 is 17.0 Å². The van der Waals surface area contributed by atoms with E-state index in [4.69, 9.17) is 4.52 Å². The lowest BCUT2D eigenvalue weighted by Gasteiger charge is -2.14. The van der Waals surface area contributed by atoms with Gasteiger partial charge in [0.05, 0.1) is 25.2 Å². The van der Waals surface area contributed by atoms with Gasteiger partial charge in [-0.15, -0.1) is 11.3 Å². The van der Waals surface area contributed by atoms with Crippen molar-refractivity contribution in [2.75, 3.05) is 6.67 Å². The van der Waals surface area contributed by atoms with E-state index < -0.39 is 23.7 Å². The van der Waals surface area contributed by atoms with E-state index in [-0.39, 0.29) is 19.5 Å². The molecule has 7 rings (SSSR count). The largest absolute Gasteiger partial charge is 0.439 e. The van der Waals surface area contributed by atoms with E-state index in [0.717, 1.165) is 33.0 Å². The monoisotopic (exact) mass is 630 g/mol. The van der Waals surface area contributed by atoms with Crippen molar-refractivity contribution in [3.8, 4) is 22.5 Å². The highest BCUT2D eigenvalue weighted by Crippen LogP contribution is 2.30. The molecular formula is C36H27FN4O4S. The molecule has 0 saturated carbocycles. The standard InChI is InChI=1S/C36H27FN4O4S/c1-22(26-15-14-24-6-2-3-7-27(24)18-26)20-40-33(42)31-19-28(16-17-37)46-34(31)41(36(40)44)21-23-10-12-25(13-11-23)29-8-4-5-9-30(29)32-38-35(43)45-39-32/h2-15,18-19H,1,16-17,20-21H2,(H,38,39,43). The topological polar surface area (TPSA) is 103 Å². The maximum absolute atomic E-state index is 14.0. The highest BCUT2D eigenvalue weighted by atomic mass is 32.1. The molecule has 0 aliphatic carbocycles. The fraction of sp³-hybridized carbons (Fsp3) is 0.111. The third-order valence-corrected chi connectivity index (χ3v) is 9.24. The number of aromatic nitrogens is 4. The number of alkyl halides is 1. The third kappa shape index (κ3) is 5.43. The predicted octanol–water partition coefficient (Wildman–Crippen LogP) is 6.66. The lowest BCUT2D eigenvalue weighted by molar-refractivity contribution is 0.388. The second-order valence-electron chi connectivity index (χ2n) is 11.0. The minimum atomic E-state index is -0.637. The minimum absolute atomic E-state index is 0.0140. The molecule has 0 aliphatic heterocycles. The third-order valence-electron chi connectivity index (χ3n) is 8.02. The van der Waals surface area contributed by atoms with Crippen LogP contribution in [0.4, 0.5) is 4.39 Å². The average Bonchev–Trinajstić information content (AvgIpc) is 3.71. The number of aryl methyl sites for hydroxylation is 1. The minimum Gasteiger partial charge on any atom is -0.296 e. The van der Waals surface area contributed by atoms with E-state index in [2.05, 4.69) is 16.7 Å². The summed E-state index contributed by atoms with van der Waals surface area (Å²) in [5.41, 5.74) is 3.84. The summed E-state index contributed by atoms with van der Waals surface area (Å²) in [6, 6.07) is 30.8. The van der Waals surface area contributed by atoms with Gasteiger partial charge in [0.1, 0.15) is 4.83 Å². The number of hydrogen-bond donors (Lipinski definition) is 1. The molecule has 0 bridgehead atoms. The van der Waals surface area contributed by atoms with Crippen LogP contribution in [0.15, 0.2) is 123 Å². The second-order valence-corrected chi connectivity index (χ2v) is 12.1. The number of benzene rings is 4. The molecule has 0 amide bonds. The normalized spacial score (nSPS) is 11.4. The van der Waals surface area contributed by atoms with Gasteiger partial charge in [0, 0.05) is 16.9 Å². The lowest BCUT2D eigenvalue weighted by Crippen LogP contribution is -2.40. The van der Waals surface area contributed by atoms with E-state index in [1.807, 2.05) is 91.0 Å². The summed E-state index contributed by atoms with van der Waals surface area (Å²) in [5, 5.41) is 6.33. The molecule has 1 N–H and O–H groups in total. The van der Waals surface area contributed by atoms with Crippen molar-refractivity contribution in [1.82, 2.24) is 19.3 Å². The number of thiophene rings is 1. The molecule has 10 heteroatoms. The van der Waals surface area contributed by atoms with Gasteiger partial charge in [-0.1, -0.05) is 96.7 Å². The molecule has 3 heterocycles. The van der Waals surface area contributed by atoms with Crippen LogP contribution in [0.2, 0.25) is 0 Å². The van der Waals surface area contributed by atoms with Crippen LogP contribution >= 0.6 is 11.3 Å². The Bertz CT molecular complexity index is 2430. The Balaban J connectivity index is 1.26. The fourth-order valence-corrected chi connectivity index (χ4v) is 6.81. The lowest BCUT2D eigenvalue weighted by atomic mass is 9.98. The van der Waals surface area contributed by atoms with Gasteiger partial charge in [-0.2, -0.15) is 0 Å². The van der Waals surface area contributed by atoms with Crippen LogP contribution in [0.3, 0.4) is 0 Å². The first-order valence-corrected chi connectivity index (χ1v) is 15.4. The van der Waals surface area contributed by atoms with E-state index in [1.54, 1.807) is 10.6 Å². The number of fused-ring (bicyclic) bond motifs is 2. The number of nitrogens with zero attached hydrogens (tertiary/aromatic N) is 3. The number of allylic oxidation sites excluding steroid dienone is 1. The van der Waals surface area contributed by atoms with Crippen molar-refractivity contribution in [1.29, 1.82) is 0 Å². The number of H-pyrrole nitrogens is 1. The van der Waals surface area contributed by atoms with Crippen LogP contribution in [0, 0.1) is 0 Å². The molecule has 0 fully saturated rings. The van der Waals surface area contributed by atoms with Crippen LogP contribution in [0.25, 0.3) is 49.1 Å². The second kappa shape index (κ2) is 12.1. The van der Waals surface area contributed by atoms with Crippen molar-refractivity contribution in [3.05, 3.63) is 151 Å². The summed E-state index contributed by atoms with van der Waals surface area (Å²) in [5.74, 6) is -0.310. The van der Waals surface area contributed by atoms with Crippen molar-refractivity contribution in [2.45, 2.75) is 19.5 Å². The zero-order chi connectivity index (χ0) is 31.8. The fourth-order valence-electron chi connectivity index (χ4n) is 5.70. The van der Waals surface area contributed by atoms with E-state index in [0.29, 0.717) is 32.1 Å². The Labute approximate surface area is 265 Å². The number of rotatable bonds is 9. The summed E-state index contributed by atoms with van der Waals surface area (Å²) < 4.78 is 20.8. The van der Waals surface area contributed by atoms with Crippen molar-refractivity contribution < 1.29 is 8.91 Å². The summed E-state index contributed by atoms with van der Waals surface area (Å²) >= 11 is 1.27. The number of halogens is 1. The molecule has 7 aromatic rings. The van der Waals surface area contributed by atoms with E-state index in [1.165, 1.54) is 15.9 Å². The molecule has 228 valence electrons. The van der Waals surface area contributed by atoms with Crippen molar-refractivity contribution in [3.63, 3.8) is 0 Å². The van der Waals surface area contributed by atoms with E-state index in [9.17, 15) is 18.8 Å². The molecule has 0 saturated heterocycles. The maximum atomic E-state index is 14.0. The molecule has 0 spiro atoms. The van der Waals surface area contributed by atoms with E-state index >= 15 is 0 Å². The first-order chi connectivity index (χ1) is 22.4. The zero-order valence-corrected chi connectivity index (χ0v) is 25.4. The maximum Gasteiger partial charge on any atom is 0.439 e. The van der Waals surface area contributed by atoms with Gasteiger partial charge < -0.3 is 0 Å². The van der Waals surface area contributed by atoms with Crippen LogP contribution in [0.1, 0.15) is 16.0 Å². The summed E-state index contributed by atoms with van der Waals surface area (Å²) in [7, 11) is 0. The van der Waals surface area contributed by atoms with Gasteiger partial charge in [0.15, 0.2) is 5.82 Å². The predicted molar refractivity (Wildman–Crippen MR) is 180 cm³/mol. The molecule has 0 radical (unpaired) electrons. The van der Waals surface area contributed by atoms with Gasteiger partial charge in [-0.05, 0) is 50.7 Å². The van der Waals surface area contributed by atoms with Gasteiger partial charge >= 0.3 is 11.4 Å². The molecular weight excluding hydrogens is 603 g/mol. The Morgan fingerprint density at radius 3 is 2.35 bits per heavy atom. The zero-order valence-electron chi connectivity index (χ0n) is 24.5. The quantitative estimate of drug-likeness (QED) is 0.192. The Morgan fingerprint density at radius 2 is 1.61 bits per heavy atom. The molecule has 3 aromatic heterocycles. The first kappa shape index (κ1) is 29.1. The molecule has 8 nitrogen and oxygen atoms in total. The average molecular weight is 631 g/mol. The van der Waals surface area contributed by atoms with Gasteiger partial charge in [0.2, 0.25) is 0 Å². The Kier molecular flexibility index (Phi) is 7.63. The van der Waals surface area contributed by atoms with Gasteiger partial charge in [-0.3, -0.25) is 27.8 Å². The number of aromatic amines is 1. The van der Waals surface area contributed by atoms with Crippen molar-refractivity contribution >= 4 is 37.9 Å². The Morgan fingerprint density at radius 1 is 0.870 bits per heavy atom. The molecule has 0 unspecified atom stereocenters. The summed E-state index contributed by atoms with van der Waals surface area (Å²) in [6.45, 7) is 3.88. The van der Waals surface area contributed by atoms with Crippen LogP contribution in [0.5, 0.6) is 0 Å². The first-order valence-electron chi connectivity index (χ1n) is 14.6. The highest BCUT2D eigenvalue weighted by molar-refractivity contribution is 7.18. The van der Waals surface area contributed by atoms with Crippen LogP contribution in [-0.2, 0) is 19.5 Å². The number of nitrogens with one attached hydrogen (secondary N) is 1. The summed E-state index contributed by atoms with van der Waals surface area (Å²) in [6.07, 6.45) is 0.168.